The molecule has 0 aromatic heterocycles. The Bertz CT molecular complexity index is 608. The molecule has 0 fully saturated rings. The van der Waals surface area contributed by atoms with Crippen LogP contribution in [-0.2, 0) is 0 Å². The first-order valence-corrected chi connectivity index (χ1v) is 7.42. The standard InChI is InChI=1S/C18H24N2O/c1-5-20(15-9-6-8-14(4)12-15)16-10-7-11-17(18(16)19)21-13(2)3/h6-13H,5,19H2,1-4H3. The minimum atomic E-state index is 0.108. The fourth-order valence-electron chi connectivity index (χ4n) is 2.41. The van der Waals surface area contributed by atoms with Gasteiger partial charge in [-0.05, 0) is 57.5 Å². The van der Waals surface area contributed by atoms with Crippen molar-refractivity contribution >= 4 is 17.1 Å². The lowest BCUT2D eigenvalue weighted by atomic mass is 10.1. The fraction of sp³-hybridized carbons (Fsp3) is 0.333. The van der Waals surface area contributed by atoms with E-state index in [0.717, 1.165) is 23.7 Å². The normalized spacial score (nSPS) is 10.7. The molecule has 3 nitrogen and oxygen atoms in total. The van der Waals surface area contributed by atoms with Crippen LogP contribution in [0.1, 0.15) is 26.3 Å². The van der Waals surface area contributed by atoms with Gasteiger partial charge in [-0.25, -0.2) is 0 Å². The van der Waals surface area contributed by atoms with Crippen molar-refractivity contribution in [1.82, 2.24) is 0 Å². The predicted octanol–water partition coefficient (Wildman–Crippen LogP) is 4.52. The second-order valence-electron chi connectivity index (χ2n) is 5.44. The molecule has 2 rings (SSSR count). The fourth-order valence-corrected chi connectivity index (χ4v) is 2.41. The minimum Gasteiger partial charge on any atom is -0.489 e. The number of hydrogen-bond donors (Lipinski definition) is 1. The first-order chi connectivity index (χ1) is 10.0. The van der Waals surface area contributed by atoms with Gasteiger partial charge in [0.1, 0.15) is 5.75 Å². The Kier molecular flexibility index (Phi) is 4.73. The number of aryl methyl sites for hydroxylation is 1. The van der Waals surface area contributed by atoms with Crippen LogP contribution in [0.4, 0.5) is 17.1 Å². The van der Waals surface area contributed by atoms with E-state index in [4.69, 9.17) is 10.5 Å². The number of nitrogens with zero attached hydrogens (tertiary/aromatic N) is 1. The number of ether oxygens (including phenoxy) is 1. The summed E-state index contributed by atoms with van der Waals surface area (Å²) in [5.41, 5.74) is 10.4. The third kappa shape index (κ3) is 3.48. The molecule has 112 valence electrons. The smallest absolute Gasteiger partial charge is 0.144 e. The molecule has 0 spiro atoms. The van der Waals surface area contributed by atoms with Gasteiger partial charge in [-0.1, -0.05) is 18.2 Å². The van der Waals surface area contributed by atoms with Gasteiger partial charge in [0, 0.05) is 12.2 Å². The van der Waals surface area contributed by atoms with Crippen molar-refractivity contribution in [3.63, 3.8) is 0 Å². The van der Waals surface area contributed by atoms with Gasteiger partial charge in [-0.3, -0.25) is 0 Å². The molecule has 0 radical (unpaired) electrons. The molecule has 2 aromatic carbocycles. The average Bonchev–Trinajstić information content (AvgIpc) is 2.43. The lowest BCUT2D eigenvalue weighted by molar-refractivity contribution is 0.244. The summed E-state index contributed by atoms with van der Waals surface area (Å²) in [6.07, 6.45) is 0.108. The SMILES string of the molecule is CCN(c1cccc(C)c1)c1cccc(OC(C)C)c1N. The van der Waals surface area contributed by atoms with Gasteiger partial charge in [0.25, 0.3) is 0 Å². The Balaban J connectivity index is 2.43. The van der Waals surface area contributed by atoms with Gasteiger partial charge >= 0.3 is 0 Å². The summed E-state index contributed by atoms with van der Waals surface area (Å²) in [6.45, 7) is 9.07. The molecule has 0 bridgehead atoms. The maximum atomic E-state index is 6.32. The van der Waals surface area contributed by atoms with Crippen LogP contribution >= 0.6 is 0 Å². The topological polar surface area (TPSA) is 38.5 Å². The van der Waals surface area contributed by atoms with E-state index in [2.05, 4.69) is 43.0 Å². The van der Waals surface area contributed by atoms with Crippen LogP contribution in [0, 0.1) is 6.92 Å². The molecule has 2 N–H and O–H groups in total. The van der Waals surface area contributed by atoms with E-state index in [1.54, 1.807) is 0 Å². The molecule has 0 atom stereocenters. The number of benzene rings is 2. The summed E-state index contributed by atoms with van der Waals surface area (Å²) in [4.78, 5) is 2.20. The van der Waals surface area contributed by atoms with Gasteiger partial charge in [0.15, 0.2) is 0 Å². The van der Waals surface area contributed by atoms with Crippen LogP contribution in [0.15, 0.2) is 42.5 Å². The number of para-hydroxylation sites is 1. The van der Waals surface area contributed by atoms with E-state index < -0.39 is 0 Å². The van der Waals surface area contributed by atoms with E-state index in [-0.39, 0.29) is 6.10 Å². The van der Waals surface area contributed by atoms with Gasteiger partial charge in [0.05, 0.1) is 17.5 Å². The molecule has 0 aliphatic rings. The van der Waals surface area contributed by atoms with Crippen molar-refractivity contribution < 1.29 is 4.74 Å². The highest BCUT2D eigenvalue weighted by Crippen LogP contribution is 2.36. The predicted molar refractivity (Wildman–Crippen MR) is 90.5 cm³/mol. The first kappa shape index (κ1) is 15.2. The lowest BCUT2D eigenvalue weighted by Crippen LogP contribution is -2.18. The zero-order chi connectivity index (χ0) is 15.4. The third-order valence-corrected chi connectivity index (χ3v) is 3.33. The van der Waals surface area contributed by atoms with E-state index in [0.29, 0.717) is 5.69 Å². The summed E-state index contributed by atoms with van der Waals surface area (Å²) >= 11 is 0. The van der Waals surface area contributed by atoms with Crippen LogP contribution in [0.3, 0.4) is 0 Å². The maximum absolute atomic E-state index is 6.32. The molecule has 0 aliphatic carbocycles. The molecule has 0 saturated carbocycles. The average molecular weight is 284 g/mol. The molecule has 0 aliphatic heterocycles. The summed E-state index contributed by atoms with van der Waals surface area (Å²) in [5.74, 6) is 0.744. The highest BCUT2D eigenvalue weighted by Gasteiger charge is 2.14. The molecule has 0 unspecified atom stereocenters. The number of nitrogens with two attached hydrogens (primary N) is 1. The largest absolute Gasteiger partial charge is 0.489 e. The highest BCUT2D eigenvalue weighted by molar-refractivity contribution is 5.79. The zero-order valence-electron chi connectivity index (χ0n) is 13.3. The second-order valence-corrected chi connectivity index (χ2v) is 5.44. The number of hydrogen-bond acceptors (Lipinski definition) is 3. The quantitative estimate of drug-likeness (QED) is 0.820. The first-order valence-electron chi connectivity index (χ1n) is 7.42. The van der Waals surface area contributed by atoms with Crippen molar-refractivity contribution in [2.75, 3.05) is 17.2 Å². The molecule has 0 amide bonds. The van der Waals surface area contributed by atoms with Crippen LogP contribution in [0.5, 0.6) is 5.75 Å². The second kappa shape index (κ2) is 6.53. The monoisotopic (exact) mass is 284 g/mol. The molecule has 0 heterocycles. The van der Waals surface area contributed by atoms with E-state index >= 15 is 0 Å². The molecule has 21 heavy (non-hydrogen) atoms. The minimum absolute atomic E-state index is 0.108. The summed E-state index contributed by atoms with van der Waals surface area (Å²) in [6, 6.07) is 14.4. The lowest BCUT2D eigenvalue weighted by Gasteiger charge is -2.26. The van der Waals surface area contributed by atoms with E-state index in [9.17, 15) is 0 Å². The van der Waals surface area contributed by atoms with Crippen LogP contribution < -0.4 is 15.4 Å². The zero-order valence-corrected chi connectivity index (χ0v) is 13.3. The van der Waals surface area contributed by atoms with E-state index in [1.165, 1.54) is 5.56 Å². The van der Waals surface area contributed by atoms with Gasteiger partial charge in [-0.15, -0.1) is 0 Å². The van der Waals surface area contributed by atoms with Gasteiger partial charge in [0.2, 0.25) is 0 Å². The Hall–Kier alpha value is -2.16. The van der Waals surface area contributed by atoms with E-state index in [1.807, 2.05) is 32.0 Å². The van der Waals surface area contributed by atoms with Crippen molar-refractivity contribution in [1.29, 1.82) is 0 Å². The van der Waals surface area contributed by atoms with Crippen LogP contribution in [-0.4, -0.2) is 12.6 Å². The summed E-state index contributed by atoms with van der Waals surface area (Å²) in [7, 11) is 0. The number of nitrogen functional groups attached to an aromatic ring is 1. The summed E-state index contributed by atoms with van der Waals surface area (Å²) in [5, 5.41) is 0. The Morgan fingerprint density at radius 2 is 1.86 bits per heavy atom. The van der Waals surface area contributed by atoms with Crippen molar-refractivity contribution in [3.8, 4) is 5.75 Å². The van der Waals surface area contributed by atoms with Gasteiger partial charge < -0.3 is 15.4 Å². The molecular weight excluding hydrogens is 260 g/mol. The van der Waals surface area contributed by atoms with Gasteiger partial charge in [-0.2, -0.15) is 0 Å². The Labute approximate surface area is 127 Å². The summed E-state index contributed by atoms with van der Waals surface area (Å²) < 4.78 is 5.79. The van der Waals surface area contributed by atoms with Crippen LogP contribution in [0.2, 0.25) is 0 Å². The number of anilines is 3. The van der Waals surface area contributed by atoms with Crippen molar-refractivity contribution in [2.45, 2.75) is 33.8 Å². The third-order valence-electron chi connectivity index (χ3n) is 3.33. The van der Waals surface area contributed by atoms with Crippen LogP contribution in [0.25, 0.3) is 0 Å². The highest BCUT2D eigenvalue weighted by atomic mass is 16.5. The maximum Gasteiger partial charge on any atom is 0.144 e. The molecule has 3 heteroatoms. The Morgan fingerprint density at radius 3 is 2.48 bits per heavy atom. The molecule has 2 aromatic rings. The number of rotatable bonds is 5. The van der Waals surface area contributed by atoms with Crippen molar-refractivity contribution in [2.24, 2.45) is 0 Å². The Morgan fingerprint density at radius 1 is 1.14 bits per heavy atom. The molecule has 0 saturated heterocycles. The molecular formula is C18H24N2O. The van der Waals surface area contributed by atoms with Crippen molar-refractivity contribution in [3.05, 3.63) is 48.0 Å².